The van der Waals surface area contributed by atoms with E-state index < -0.39 is 5.41 Å². The van der Waals surface area contributed by atoms with Crippen LogP contribution in [0.4, 0.5) is 5.82 Å². The Labute approximate surface area is 117 Å². The first-order chi connectivity index (χ1) is 9.73. The van der Waals surface area contributed by atoms with Gasteiger partial charge in [-0.1, -0.05) is 24.1 Å². The number of carbonyl (C=O) groups excluding carboxylic acids is 1. The summed E-state index contributed by atoms with van der Waals surface area (Å²) in [6, 6.07) is 9.84. The minimum atomic E-state index is -0.692. The van der Waals surface area contributed by atoms with E-state index in [9.17, 15) is 4.79 Å². The van der Waals surface area contributed by atoms with Gasteiger partial charge in [0.15, 0.2) is 0 Å². The third-order valence-corrected chi connectivity index (χ3v) is 3.95. The summed E-state index contributed by atoms with van der Waals surface area (Å²) in [5.41, 5.74) is 0.311. The number of carbonyl (C=O) groups is 1. The molecule has 1 fully saturated rings. The summed E-state index contributed by atoms with van der Waals surface area (Å²) in [5.74, 6) is 3.31. The molecule has 1 amide bonds. The summed E-state index contributed by atoms with van der Waals surface area (Å²) in [4.78, 5) is 15.7. The van der Waals surface area contributed by atoms with Gasteiger partial charge in [-0.05, 0) is 38.1 Å². The van der Waals surface area contributed by atoms with E-state index in [1.54, 1.807) is 0 Å². The van der Waals surface area contributed by atoms with E-state index in [0.717, 1.165) is 24.0 Å². The average Bonchev–Trinajstić information content (AvgIpc) is 2.90. The second-order valence-electron chi connectivity index (χ2n) is 5.20. The van der Waals surface area contributed by atoms with Crippen LogP contribution in [0.2, 0.25) is 0 Å². The Hall–Kier alpha value is -2.25. The summed E-state index contributed by atoms with van der Waals surface area (Å²) >= 11 is 0. The maximum atomic E-state index is 12.5. The van der Waals surface area contributed by atoms with Crippen molar-refractivity contribution in [3.05, 3.63) is 30.3 Å². The first kappa shape index (κ1) is 12.8. The Morgan fingerprint density at radius 2 is 2.05 bits per heavy atom. The molecule has 3 rings (SSSR count). The van der Waals surface area contributed by atoms with Crippen LogP contribution in [-0.4, -0.2) is 24.0 Å². The predicted molar refractivity (Wildman–Crippen MR) is 80.3 cm³/mol. The number of benzene rings is 1. The number of fused-ring (bicyclic) bond motifs is 1. The third kappa shape index (κ3) is 2.17. The van der Waals surface area contributed by atoms with Crippen LogP contribution in [-0.2, 0) is 4.79 Å². The SMILES string of the molecule is C#CC1(C(=O)Nc2cc3ccccc3[nH]2)CCNCC1. The summed E-state index contributed by atoms with van der Waals surface area (Å²) in [6.45, 7) is 1.56. The summed E-state index contributed by atoms with van der Waals surface area (Å²) in [7, 11) is 0. The number of terminal acetylenes is 1. The molecule has 1 aliphatic rings. The molecule has 0 spiro atoms. The van der Waals surface area contributed by atoms with Gasteiger partial charge in [-0.3, -0.25) is 4.79 Å². The zero-order valence-corrected chi connectivity index (χ0v) is 11.2. The van der Waals surface area contributed by atoms with Crippen molar-refractivity contribution in [3.8, 4) is 12.3 Å². The Morgan fingerprint density at radius 1 is 1.30 bits per heavy atom. The van der Waals surface area contributed by atoms with Gasteiger partial charge in [0.05, 0.1) is 0 Å². The van der Waals surface area contributed by atoms with Gasteiger partial charge < -0.3 is 15.6 Å². The number of para-hydroxylation sites is 1. The molecule has 1 aromatic carbocycles. The molecule has 0 aliphatic carbocycles. The standard InChI is InChI=1S/C16H17N3O/c1-2-16(7-9-17-10-8-16)15(20)19-14-11-12-5-3-4-6-13(12)18-14/h1,3-6,11,17-18H,7-10H2,(H,19,20). The molecule has 0 radical (unpaired) electrons. The lowest BCUT2D eigenvalue weighted by Gasteiger charge is -2.31. The zero-order chi connectivity index (χ0) is 14.0. The van der Waals surface area contributed by atoms with Crippen LogP contribution in [0.15, 0.2) is 30.3 Å². The van der Waals surface area contributed by atoms with E-state index in [2.05, 4.69) is 21.5 Å². The van der Waals surface area contributed by atoms with Gasteiger partial charge >= 0.3 is 0 Å². The maximum Gasteiger partial charge on any atom is 0.243 e. The molecule has 102 valence electrons. The van der Waals surface area contributed by atoms with E-state index in [-0.39, 0.29) is 5.91 Å². The minimum Gasteiger partial charge on any atom is -0.341 e. The number of hydrogen-bond acceptors (Lipinski definition) is 2. The normalized spacial score (nSPS) is 17.6. The molecule has 1 aromatic heterocycles. The third-order valence-electron chi connectivity index (χ3n) is 3.95. The molecule has 2 aromatic rings. The number of aromatic nitrogens is 1. The van der Waals surface area contributed by atoms with E-state index in [1.165, 1.54) is 0 Å². The molecule has 4 nitrogen and oxygen atoms in total. The maximum absolute atomic E-state index is 12.5. The first-order valence-corrected chi connectivity index (χ1v) is 6.81. The van der Waals surface area contributed by atoms with Gasteiger partial charge in [-0.25, -0.2) is 0 Å². The molecule has 2 heterocycles. The van der Waals surface area contributed by atoms with Crippen LogP contribution in [0.5, 0.6) is 0 Å². The van der Waals surface area contributed by atoms with Crippen molar-refractivity contribution < 1.29 is 4.79 Å². The highest BCUT2D eigenvalue weighted by Crippen LogP contribution is 2.30. The van der Waals surface area contributed by atoms with Crippen molar-refractivity contribution in [2.75, 3.05) is 18.4 Å². The van der Waals surface area contributed by atoms with Crippen LogP contribution < -0.4 is 10.6 Å². The molecule has 1 saturated heterocycles. The zero-order valence-electron chi connectivity index (χ0n) is 11.2. The van der Waals surface area contributed by atoms with Crippen LogP contribution in [0.3, 0.4) is 0 Å². The number of aromatic amines is 1. The van der Waals surface area contributed by atoms with Crippen molar-refractivity contribution in [3.63, 3.8) is 0 Å². The largest absolute Gasteiger partial charge is 0.341 e. The first-order valence-electron chi connectivity index (χ1n) is 6.81. The number of hydrogen-bond donors (Lipinski definition) is 3. The molecule has 1 aliphatic heterocycles. The number of rotatable bonds is 2. The van der Waals surface area contributed by atoms with Crippen molar-refractivity contribution >= 4 is 22.6 Å². The molecule has 3 N–H and O–H groups in total. The monoisotopic (exact) mass is 267 g/mol. The topological polar surface area (TPSA) is 56.9 Å². The predicted octanol–water partition coefficient (Wildman–Crippen LogP) is 2.11. The Kier molecular flexibility index (Phi) is 3.21. The molecule has 0 bridgehead atoms. The van der Waals surface area contributed by atoms with E-state index in [1.807, 2.05) is 30.3 Å². The number of piperidine rings is 1. The Morgan fingerprint density at radius 3 is 2.75 bits per heavy atom. The molecule has 0 saturated carbocycles. The summed E-state index contributed by atoms with van der Waals surface area (Å²) < 4.78 is 0. The lowest BCUT2D eigenvalue weighted by Crippen LogP contribution is -2.44. The summed E-state index contributed by atoms with van der Waals surface area (Å²) in [6.07, 6.45) is 6.97. The van der Waals surface area contributed by atoms with E-state index >= 15 is 0 Å². The van der Waals surface area contributed by atoms with E-state index in [0.29, 0.717) is 18.7 Å². The minimum absolute atomic E-state index is 0.0898. The highest BCUT2D eigenvalue weighted by atomic mass is 16.2. The lowest BCUT2D eigenvalue weighted by molar-refractivity contribution is -0.123. The van der Waals surface area contributed by atoms with Gasteiger partial charge in [-0.15, -0.1) is 6.42 Å². The number of amides is 1. The number of anilines is 1. The van der Waals surface area contributed by atoms with Crippen LogP contribution in [0.1, 0.15) is 12.8 Å². The summed E-state index contributed by atoms with van der Waals surface area (Å²) in [5, 5.41) is 7.23. The molecule has 4 heteroatoms. The van der Waals surface area contributed by atoms with Gasteiger partial charge in [0.25, 0.3) is 0 Å². The lowest BCUT2D eigenvalue weighted by atomic mass is 9.79. The van der Waals surface area contributed by atoms with Gasteiger partial charge in [0.2, 0.25) is 5.91 Å². The average molecular weight is 267 g/mol. The Balaban J connectivity index is 1.82. The van der Waals surface area contributed by atoms with Crippen molar-refractivity contribution in [2.24, 2.45) is 5.41 Å². The highest BCUT2D eigenvalue weighted by Gasteiger charge is 2.37. The highest BCUT2D eigenvalue weighted by molar-refractivity contribution is 5.99. The fraction of sp³-hybridized carbons (Fsp3) is 0.312. The van der Waals surface area contributed by atoms with Crippen molar-refractivity contribution in [1.82, 2.24) is 10.3 Å². The molecular weight excluding hydrogens is 250 g/mol. The van der Waals surface area contributed by atoms with Crippen LogP contribution in [0.25, 0.3) is 10.9 Å². The van der Waals surface area contributed by atoms with Gasteiger partial charge in [0, 0.05) is 10.9 Å². The molecule has 0 unspecified atom stereocenters. The number of nitrogens with one attached hydrogen (secondary N) is 3. The van der Waals surface area contributed by atoms with Crippen molar-refractivity contribution in [2.45, 2.75) is 12.8 Å². The van der Waals surface area contributed by atoms with Crippen molar-refractivity contribution in [1.29, 1.82) is 0 Å². The number of H-pyrrole nitrogens is 1. The second kappa shape index (κ2) is 5.03. The van der Waals surface area contributed by atoms with E-state index in [4.69, 9.17) is 6.42 Å². The Bertz CT molecular complexity index is 641. The fourth-order valence-corrected chi connectivity index (χ4v) is 2.67. The quantitative estimate of drug-likeness (QED) is 0.730. The fourth-order valence-electron chi connectivity index (χ4n) is 2.67. The van der Waals surface area contributed by atoms with Crippen LogP contribution in [0, 0.1) is 17.8 Å². The smallest absolute Gasteiger partial charge is 0.243 e. The molecule has 0 atom stereocenters. The molecule has 20 heavy (non-hydrogen) atoms. The van der Waals surface area contributed by atoms with Gasteiger partial charge in [0.1, 0.15) is 11.2 Å². The second-order valence-corrected chi connectivity index (χ2v) is 5.20. The van der Waals surface area contributed by atoms with Crippen LogP contribution >= 0.6 is 0 Å². The van der Waals surface area contributed by atoms with Gasteiger partial charge in [-0.2, -0.15) is 0 Å². The molecular formula is C16H17N3O.